The number of nitrogens with zero attached hydrogens (tertiary/aromatic N) is 1. The average molecular weight is 390 g/mol. The number of ether oxygens (including phenoxy) is 2. The molecule has 0 unspecified atom stereocenters. The molecule has 1 saturated heterocycles. The Bertz CT molecular complexity index is 908. The van der Waals surface area contributed by atoms with Crippen LogP contribution in [0, 0.1) is 0 Å². The van der Waals surface area contributed by atoms with Gasteiger partial charge in [0.05, 0.1) is 12.0 Å². The van der Waals surface area contributed by atoms with Gasteiger partial charge in [-0.25, -0.2) is 8.42 Å². The molecule has 1 fully saturated rings. The Morgan fingerprint density at radius 2 is 1.78 bits per heavy atom. The van der Waals surface area contributed by atoms with Crippen LogP contribution in [-0.4, -0.2) is 45.4 Å². The molecule has 7 nitrogen and oxygen atoms in total. The Kier molecular flexibility index (Phi) is 5.98. The standard InChI is InChI=1S/C19H22N2O5S/c1-25-17-9-2-3-10-18(17)26-14-19(22)20-15-7-6-8-16(13-15)27(23,24)21-11-4-5-12-21/h2-3,6-10,13H,4-5,11-12,14H2,1H3,(H,20,22). The topological polar surface area (TPSA) is 84.9 Å². The Balaban J connectivity index is 1.64. The molecule has 1 N–H and O–H groups in total. The number of benzene rings is 2. The summed E-state index contributed by atoms with van der Waals surface area (Å²) in [6, 6.07) is 13.3. The van der Waals surface area contributed by atoms with Crippen LogP contribution in [0.1, 0.15) is 12.8 Å². The number of rotatable bonds is 7. The molecular weight excluding hydrogens is 368 g/mol. The minimum absolute atomic E-state index is 0.174. The fraction of sp³-hybridized carbons (Fsp3) is 0.316. The second kappa shape index (κ2) is 8.41. The lowest BCUT2D eigenvalue weighted by molar-refractivity contribution is -0.118. The highest BCUT2D eigenvalue weighted by Crippen LogP contribution is 2.26. The van der Waals surface area contributed by atoms with Crippen molar-refractivity contribution in [2.75, 3.05) is 32.1 Å². The van der Waals surface area contributed by atoms with Gasteiger partial charge in [-0.05, 0) is 43.2 Å². The van der Waals surface area contributed by atoms with Gasteiger partial charge < -0.3 is 14.8 Å². The van der Waals surface area contributed by atoms with Crippen LogP contribution in [0.2, 0.25) is 0 Å². The van der Waals surface area contributed by atoms with Crippen molar-refractivity contribution in [3.63, 3.8) is 0 Å². The summed E-state index contributed by atoms with van der Waals surface area (Å²) in [5, 5.41) is 2.67. The van der Waals surface area contributed by atoms with Crippen LogP contribution in [0.25, 0.3) is 0 Å². The van der Waals surface area contributed by atoms with E-state index >= 15 is 0 Å². The summed E-state index contributed by atoms with van der Waals surface area (Å²) in [6.45, 7) is 0.848. The van der Waals surface area contributed by atoms with Crippen molar-refractivity contribution in [1.29, 1.82) is 0 Å². The van der Waals surface area contributed by atoms with E-state index in [4.69, 9.17) is 9.47 Å². The first kappa shape index (κ1) is 19.2. The van der Waals surface area contributed by atoms with Gasteiger partial charge in [-0.2, -0.15) is 4.31 Å². The highest BCUT2D eigenvalue weighted by atomic mass is 32.2. The Hall–Kier alpha value is -2.58. The number of carbonyl (C=O) groups excluding carboxylic acids is 1. The van der Waals surface area contributed by atoms with Gasteiger partial charge in [0.15, 0.2) is 18.1 Å². The van der Waals surface area contributed by atoms with Crippen molar-refractivity contribution in [2.45, 2.75) is 17.7 Å². The minimum Gasteiger partial charge on any atom is -0.493 e. The van der Waals surface area contributed by atoms with Gasteiger partial charge in [0, 0.05) is 18.8 Å². The number of carbonyl (C=O) groups is 1. The largest absolute Gasteiger partial charge is 0.493 e. The Morgan fingerprint density at radius 1 is 1.07 bits per heavy atom. The van der Waals surface area contributed by atoms with Crippen molar-refractivity contribution in [3.05, 3.63) is 48.5 Å². The molecule has 2 aromatic carbocycles. The molecule has 27 heavy (non-hydrogen) atoms. The van der Waals surface area contributed by atoms with Gasteiger partial charge in [-0.1, -0.05) is 18.2 Å². The van der Waals surface area contributed by atoms with E-state index in [1.807, 2.05) is 0 Å². The van der Waals surface area contributed by atoms with Crippen molar-refractivity contribution < 1.29 is 22.7 Å². The predicted octanol–water partition coefficient (Wildman–Crippen LogP) is 2.50. The van der Waals surface area contributed by atoms with Gasteiger partial charge in [0.2, 0.25) is 10.0 Å². The van der Waals surface area contributed by atoms with Gasteiger partial charge in [0.1, 0.15) is 0 Å². The molecular formula is C19H22N2O5S. The zero-order chi connectivity index (χ0) is 19.3. The highest BCUT2D eigenvalue weighted by Gasteiger charge is 2.27. The van der Waals surface area contributed by atoms with Crippen LogP contribution in [0.5, 0.6) is 11.5 Å². The monoisotopic (exact) mass is 390 g/mol. The zero-order valence-corrected chi connectivity index (χ0v) is 15.9. The number of anilines is 1. The second-order valence-electron chi connectivity index (χ2n) is 6.13. The number of para-hydroxylation sites is 2. The highest BCUT2D eigenvalue weighted by molar-refractivity contribution is 7.89. The maximum Gasteiger partial charge on any atom is 0.262 e. The number of hydrogen-bond donors (Lipinski definition) is 1. The summed E-state index contributed by atoms with van der Waals surface area (Å²) in [6.07, 6.45) is 1.74. The molecule has 3 rings (SSSR count). The van der Waals surface area contributed by atoms with Crippen LogP contribution in [0.4, 0.5) is 5.69 Å². The quantitative estimate of drug-likeness (QED) is 0.785. The van der Waals surface area contributed by atoms with E-state index in [0.29, 0.717) is 30.3 Å². The molecule has 1 aliphatic heterocycles. The smallest absolute Gasteiger partial charge is 0.262 e. The first-order valence-electron chi connectivity index (χ1n) is 8.66. The molecule has 0 atom stereocenters. The van der Waals surface area contributed by atoms with Crippen LogP contribution < -0.4 is 14.8 Å². The van der Waals surface area contributed by atoms with Crippen molar-refractivity contribution in [2.24, 2.45) is 0 Å². The molecule has 1 aliphatic rings. The van der Waals surface area contributed by atoms with Gasteiger partial charge in [0.25, 0.3) is 5.91 Å². The van der Waals surface area contributed by atoms with Crippen LogP contribution in [0.3, 0.4) is 0 Å². The van der Waals surface area contributed by atoms with Crippen LogP contribution in [0.15, 0.2) is 53.4 Å². The first-order valence-corrected chi connectivity index (χ1v) is 10.1. The van der Waals surface area contributed by atoms with Crippen molar-refractivity contribution >= 4 is 21.6 Å². The van der Waals surface area contributed by atoms with E-state index in [2.05, 4.69) is 5.32 Å². The predicted molar refractivity (Wildman–Crippen MR) is 102 cm³/mol. The van der Waals surface area contributed by atoms with E-state index < -0.39 is 15.9 Å². The molecule has 0 bridgehead atoms. The maximum absolute atomic E-state index is 12.6. The third-order valence-corrected chi connectivity index (χ3v) is 6.14. The summed E-state index contributed by atoms with van der Waals surface area (Å²) >= 11 is 0. The number of sulfonamides is 1. The van der Waals surface area contributed by atoms with E-state index in [-0.39, 0.29) is 11.5 Å². The zero-order valence-electron chi connectivity index (χ0n) is 15.1. The Morgan fingerprint density at radius 3 is 2.48 bits per heavy atom. The first-order chi connectivity index (χ1) is 13.0. The molecule has 8 heteroatoms. The van der Waals surface area contributed by atoms with Crippen LogP contribution in [-0.2, 0) is 14.8 Å². The van der Waals surface area contributed by atoms with Gasteiger partial charge in [-0.3, -0.25) is 4.79 Å². The fourth-order valence-electron chi connectivity index (χ4n) is 2.89. The maximum atomic E-state index is 12.6. The Labute approximate surface area is 158 Å². The molecule has 144 valence electrons. The molecule has 1 heterocycles. The fourth-order valence-corrected chi connectivity index (χ4v) is 4.45. The molecule has 2 aromatic rings. The normalized spacial score (nSPS) is 14.7. The van der Waals surface area contributed by atoms with E-state index in [0.717, 1.165) is 12.8 Å². The summed E-state index contributed by atoms with van der Waals surface area (Å²) in [5.41, 5.74) is 0.406. The number of nitrogens with one attached hydrogen (secondary N) is 1. The number of methoxy groups -OCH3 is 1. The van der Waals surface area contributed by atoms with E-state index in [9.17, 15) is 13.2 Å². The second-order valence-corrected chi connectivity index (χ2v) is 8.06. The number of hydrogen-bond acceptors (Lipinski definition) is 5. The molecule has 0 spiro atoms. The summed E-state index contributed by atoms with van der Waals surface area (Å²) in [5.74, 6) is 0.598. The molecule has 0 saturated carbocycles. The SMILES string of the molecule is COc1ccccc1OCC(=O)Nc1cccc(S(=O)(=O)N2CCCC2)c1. The average Bonchev–Trinajstić information content (AvgIpc) is 3.22. The molecule has 0 aliphatic carbocycles. The summed E-state index contributed by atoms with van der Waals surface area (Å²) < 4.78 is 37.4. The number of amides is 1. The summed E-state index contributed by atoms with van der Waals surface area (Å²) in [4.78, 5) is 12.3. The van der Waals surface area contributed by atoms with E-state index in [1.54, 1.807) is 36.4 Å². The van der Waals surface area contributed by atoms with E-state index in [1.165, 1.54) is 23.5 Å². The van der Waals surface area contributed by atoms with Gasteiger partial charge in [-0.15, -0.1) is 0 Å². The molecule has 1 amide bonds. The lowest BCUT2D eigenvalue weighted by Gasteiger charge is -2.16. The third kappa shape index (κ3) is 4.58. The summed E-state index contributed by atoms with van der Waals surface area (Å²) in [7, 11) is -2.00. The van der Waals surface area contributed by atoms with Crippen LogP contribution >= 0.6 is 0 Å². The third-order valence-electron chi connectivity index (χ3n) is 4.25. The molecule has 0 radical (unpaired) electrons. The van der Waals surface area contributed by atoms with Gasteiger partial charge >= 0.3 is 0 Å². The lowest BCUT2D eigenvalue weighted by atomic mass is 10.3. The van der Waals surface area contributed by atoms with Crippen molar-refractivity contribution in [3.8, 4) is 11.5 Å². The minimum atomic E-state index is -3.53. The molecule has 0 aromatic heterocycles. The lowest BCUT2D eigenvalue weighted by Crippen LogP contribution is -2.28. The van der Waals surface area contributed by atoms with Crippen molar-refractivity contribution in [1.82, 2.24) is 4.31 Å².